The third-order valence-corrected chi connectivity index (χ3v) is 2.99. The highest BCUT2D eigenvalue weighted by Gasteiger charge is 2.34. The average molecular weight is 180 g/mol. The number of hydrogen-bond acceptors (Lipinski definition) is 3. The topological polar surface area (TPSA) is 23.6 Å². The highest BCUT2D eigenvalue weighted by molar-refractivity contribution is 5.85. The molecule has 0 aromatic heterocycles. The first-order valence-corrected chi connectivity index (χ1v) is 4.91. The van der Waals surface area contributed by atoms with Gasteiger partial charge in [0.15, 0.2) is 5.78 Å². The third-order valence-electron chi connectivity index (χ3n) is 2.99. The zero-order valence-electron chi connectivity index (χ0n) is 7.91. The van der Waals surface area contributed by atoms with Gasteiger partial charge in [0.05, 0.1) is 6.04 Å². The van der Waals surface area contributed by atoms with Crippen molar-refractivity contribution in [3.05, 3.63) is 12.7 Å². The van der Waals surface area contributed by atoms with Gasteiger partial charge in [-0.05, 0) is 0 Å². The van der Waals surface area contributed by atoms with Crippen LogP contribution in [0.3, 0.4) is 0 Å². The molecule has 0 radical (unpaired) electrons. The lowest BCUT2D eigenvalue weighted by molar-refractivity contribution is -0.130. The van der Waals surface area contributed by atoms with Crippen molar-refractivity contribution in [2.75, 3.05) is 32.7 Å². The maximum Gasteiger partial charge on any atom is 0.152 e. The Kier molecular flexibility index (Phi) is 2.47. The van der Waals surface area contributed by atoms with Crippen LogP contribution in [-0.4, -0.2) is 54.3 Å². The lowest BCUT2D eigenvalue weighted by atomic mass is 9.99. The molecule has 0 aromatic carbocycles. The Bertz CT molecular complexity index is 227. The molecule has 0 amide bonds. The Hall–Kier alpha value is -0.670. The van der Waals surface area contributed by atoms with Crippen molar-refractivity contribution in [1.82, 2.24) is 9.80 Å². The Morgan fingerprint density at radius 3 is 3.08 bits per heavy atom. The molecule has 2 aliphatic rings. The molecule has 2 bridgehead atoms. The first-order valence-electron chi connectivity index (χ1n) is 4.91. The van der Waals surface area contributed by atoms with E-state index in [1.165, 1.54) is 0 Å². The van der Waals surface area contributed by atoms with Gasteiger partial charge in [-0.2, -0.15) is 0 Å². The minimum atomic E-state index is 0.153. The molecular weight excluding hydrogens is 164 g/mol. The number of fused-ring (bicyclic) bond motifs is 2. The van der Waals surface area contributed by atoms with E-state index in [4.69, 9.17) is 0 Å². The van der Waals surface area contributed by atoms with E-state index in [1.54, 1.807) is 0 Å². The van der Waals surface area contributed by atoms with E-state index in [0.29, 0.717) is 5.78 Å². The van der Waals surface area contributed by atoms with Gasteiger partial charge in [0.2, 0.25) is 0 Å². The van der Waals surface area contributed by atoms with Gasteiger partial charge in [0.1, 0.15) is 0 Å². The summed E-state index contributed by atoms with van der Waals surface area (Å²) in [7, 11) is 0. The number of ketones is 1. The Morgan fingerprint density at radius 1 is 1.46 bits per heavy atom. The molecule has 2 rings (SSSR count). The molecule has 2 fully saturated rings. The lowest BCUT2D eigenvalue weighted by Crippen LogP contribution is -2.59. The number of piperidine rings is 1. The van der Waals surface area contributed by atoms with Gasteiger partial charge in [-0.1, -0.05) is 6.08 Å². The van der Waals surface area contributed by atoms with Crippen LogP contribution < -0.4 is 0 Å². The number of rotatable bonds is 2. The predicted octanol–water partition coefficient (Wildman–Crippen LogP) is 0.131. The van der Waals surface area contributed by atoms with Crippen LogP contribution in [0.5, 0.6) is 0 Å². The largest absolute Gasteiger partial charge is 0.300 e. The second-order valence-corrected chi connectivity index (χ2v) is 3.82. The van der Waals surface area contributed by atoms with Crippen molar-refractivity contribution >= 4 is 5.78 Å². The van der Waals surface area contributed by atoms with Crippen molar-refractivity contribution in [2.45, 2.75) is 12.5 Å². The number of piperazine rings is 1. The number of Topliss-reactive ketones (excluding diaryl/α,β-unsaturated/α-hetero) is 1. The molecule has 2 heterocycles. The molecule has 2 saturated heterocycles. The minimum Gasteiger partial charge on any atom is -0.300 e. The van der Waals surface area contributed by atoms with Gasteiger partial charge in [-0.3, -0.25) is 14.6 Å². The zero-order valence-corrected chi connectivity index (χ0v) is 7.91. The molecule has 72 valence electrons. The molecule has 0 aromatic rings. The maximum absolute atomic E-state index is 11.6. The molecule has 2 aliphatic heterocycles. The van der Waals surface area contributed by atoms with Gasteiger partial charge in [-0.15, -0.1) is 6.58 Å². The summed E-state index contributed by atoms with van der Waals surface area (Å²) in [5.74, 6) is 0.415. The number of hydrogen-bond donors (Lipinski definition) is 0. The fraction of sp³-hybridized carbons (Fsp3) is 0.700. The van der Waals surface area contributed by atoms with Crippen molar-refractivity contribution < 1.29 is 4.79 Å². The SMILES string of the molecule is C=CCN1CCN2CCC(=O)C1C2. The summed E-state index contributed by atoms with van der Waals surface area (Å²) in [6.07, 6.45) is 2.62. The van der Waals surface area contributed by atoms with Crippen LogP contribution in [0.4, 0.5) is 0 Å². The Balaban J connectivity index is 2.06. The van der Waals surface area contributed by atoms with E-state index in [-0.39, 0.29) is 6.04 Å². The molecular formula is C10H16N2O. The summed E-state index contributed by atoms with van der Waals surface area (Å²) in [6.45, 7) is 8.60. The fourth-order valence-corrected chi connectivity index (χ4v) is 2.20. The predicted molar refractivity (Wildman–Crippen MR) is 51.6 cm³/mol. The zero-order chi connectivity index (χ0) is 9.26. The molecule has 0 spiro atoms. The first-order chi connectivity index (χ1) is 6.31. The fourth-order valence-electron chi connectivity index (χ4n) is 2.20. The molecule has 0 N–H and O–H groups in total. The van der Waals surface area contributed by atoms with E-state index in [2.05, 4.69) is 16.4 Å². The standard InChI is InChI=1S/C10H16N2O/c1-2-4-12-7-6-11-5-3-10(13)9(12)8-11/h2,9H,1,3-8H2. The summed E-state index contributed by atoms with van der Waals surface area (Å²) in [6, 6.07) is 0.153. The van der Waals surface area contributed by atoms with Gasteiger partial charge < -0.3 is 0 Å². The van der Waals surface area contributed by atoms with Crippen LogP contribution in [0, 0.1) is 0 Å². The van der Waals surface area contributed by atoms with Crippen molar-refractivity contribution in [2.24, 2.45) is 0 Å². The number of nitrogens with zero attached hydrogens (tertiary/aromatic N) is 2. The monoisotopic (exact) mass is 180 g/mol. The Labute approximate surface area is 79.0 Å². The van der Waals surface area contributed by atoms with Crippen LogP contribution in [0.1, 0.15) is 6.42 Å². The minimum absolute atomic E-state index is 0.153. The van der Waals surface area contributed by atoms with E-state index >= 15 is 0 Å². The van der Waals surface area contributed by atoms with Gasteiger partial charge in [0.25, 0.3) is 0 Å². The van der Waals surface area contributed by atoms with Gasteiger partial charge in [-0.25, -0.2) is 0 Å². The summed E-state index contributed by atoms with van der Waals surface area (Å²) < 4.78 is 0. The van der Waals surface area contributed by atoms with Crippen LogP contribution in [0.2, 0.25) is 0 Å². The number of carbonyl (C=O) groups is 1. The van der Waals surface area contributed by atoms with E-state index in [1.807, 2.05) is 6.08 Å². The van der Waals surface area contributed by atoms with E-state index in [9.17, 15) is 4.79 Å². The van der Waals surface area contributed by atoms with Gasteiger partial charge >= 0.3 is 0 Å². The lowest BCUT2D eigenvalue weighted by Gasteiger charge is -2.43. The highest BCUT2D eigenvalue weighted by atomic mass is 16.1. The quantitative estimate of drug-likeness (QED) is 0.564. The molecule has 2 unspecified atom stereocenters. The highest BCUT2D eigenvalue weighted by Crippen LogP contribution is 2.17. The molecule has 0 aliphatic carbocycles. The van der Waals surface area contributed by atoms with Crippen LogP contribution in [-0.2, 0) is 4.79 Å². The summed E-state index contributed by atoms with van der Waals surface area (Å²) in [4.78, 5) is 16.2. The molecule has 0 saturated carbocycles. The van der Waals surface area contributed by atoms with Gasteiger partial charge in [0, 0.05) is 39.1 Å². The summed E-state index contributed by atoms with van der Waals surface area (Å²) in [5, 5.41) is 0. The normalized spacial score (nSPS) is 34.6. The van der Waals surface area contributed by atoms with Crippen molar-refractivity contribution in [3.8, 4) is 0 Å². The molecule has 3 nitrogen and oxygen atoms in total. The Morgan fingerprint density at radius 2 is 2.31 bits per heavy atom. The summed E-state index contributed by atoms with van der Waals surface area (Å²) in [5.41, 5.74) is 0. The second kappa shape index (κ2) is 3.60. The smallest absolute Gasteiger partial charge is 0.152 e. The van der Waals surface area contributed by atoms with E-state index in [0.717, 1.165) is 39.1 Å². The summed E-state index contributed by atoms with van der Waals surface area (Å²) >= 11 is 0. The van der Waals surface area contributed by atoms with Crippen LogP contribution >= 0.6 is 0 Å². The average Bonchev–Trinajstić information content (AvgIpc) is 2.16. The molecule has 3 heteroatoms. The third kappa shape index (κ3) is 1.67. The van der Waals surface area contributed by atoms with Crippen LogP contribution in [0.25, 0.3) is 0 Å². The van der Waals surface area contributed by atoms with E-state index < -0.39 is 0 Å². The number of carbonyl (C=O) groups excluding carboxylic acids is 1. The molecule has 2 atom stereocenters. The maximum atomic E-state index is 11.6. The second-order valence-electron chi connectivity index (χ2n) is 3.82. The first kappa shape index (κ1) is 8.91. The van der Waals surface area contributed by atoms with Crippen molar-refractivity contribution in [1.29, 1.82) is 0 Å². The van der Waals surface area contributed by atoms with Crippen molar-refractivity contribution in [3.63, 3.8) is 0 Å². The molecule has 13 heavy (non-hydrogen) atoms. The van der Waals surface area contributed by atoms with Crippen LogP contribution in [0.15, 0.2) is 12.7 Å².